The van der Waals surface area contributed by atoms with E-state index in [9.17, 15) is 0 Å². The molecule has 0 spiro atoms. The van der Waals surface area contributed by atoms with Crippen LogP contribution in [0.1, 0.15) is 0 Å². The van der Waals surface area contributed by atoms with Gasteiger partial charge < -0.3 is 0 Å². The summed E-state index contributed by atoms with van der Waals surface area (Å²) in [5.74, 6) is 0. The molecule has 0 atom stereocenters. The van der Waals surface area contributed by atoms with Gasteiger partial charge in [-0.25, -0.2) is 0 Å². The molecular formula is C18H14S. The van der Waals surface area contributed by atoms with Crippen LogP contribution in [0.4, 0.5) is 0 Å². The first kappa shape index (κ1) is 10.9. The molecule has 0 aromatic heterocycles. The molecule has 0 bridgehead atoms. The largest absolute Gasteiger partial charge is 0.172 e. The summed E-state index contributed by atoms with van der Waals surface area (Å²) in [5, 5.41) is 0. The molecule has 4 rings (SSSR count). The fraction of sp³-hybridized carbons (Fsp3) is 0. The van der Waals surface area contributed by atoms with Crippen LogP contribution in [0.3, 0.4) is 0 Å². The highest BCUT2D eigenvalue weighted by Crippen LogP contribution is 2.62. The molecule has 1 heterocycles. The maximum absolute atomic E-state index is 2.29. The fourth-order valence-electron chi connectivity index (χ4n) is 2.78. The van der Waals surface area contributed by atoms with E-state index >= 15 is 0 Å². The maximum Gasteiger partial charge on any atom is 0.00343 e. The smallest absolute Gasteiger partial charge is 0.00343 e. The molecule has 0 saturated heterocycles. The highest BCUT2D eigenvalue weighted by molar-refractivity contribution is 8.17. The van der Waals surface area contributed by atoms with Crippen LogP contribution >= 0.6 is 10.9 Å². The van der Waals surface area contributed by atoms with Crippen molar-refractivity contribution >= 4 is 10.9 Å². The minimum absolute atomic E-state index is 0.372. The van der Waals surface area contributed by atoms with Crippen LogP contribution in [0.15, 0.2) is 93.5 Å². The van der Waals surface area contributed by atoms with Crippen molar-refractivity contribution in [3.63, 3.8) is 0 Å². The van der Waals surface area contributed by atoms with Crippen molar-refractivity contribution in [2.24, 2.45) is 0 Å². The van der Waals surface area contributed by atoms with Gasteiger partial charge in [-0.15, -0.1) is 0 Å². The minimum atomic E-state index is -0.372. The van der Waals surface area contributed by atoms with Crippen LogP contribution in [-0.2, 0) is 0 Å². The second kappa shape index (κ2) is 4.29. The van der Waals surface area contributed by atoms with Crippen LogP contribution in [-0.4, -0.2) is 0 Å². The zero-order chi connectivity index (χ0) is 12.7. The maximum atomic E-state index is 2.29. The summed E-state index contributed by atoms with van der Waals surface area (Å²) in [7, 11) is -0.372. The molecule has 3 aromatic rings. The lowest BCUT2D eigenvalue weighted by Crippen LogP contribution is -1.81. The van der Waals surface area contributed by atoms with E-state index in [0.717, 1.165) is 0 Å². The van der Waals surface area contributed by atoms with Crippen LogP contribution in [0.2, 0.25) is 0 Å². The second-order valence-corrected chi connectivity index (χ2v) is 6.86. The van der Waals surface area contributed by atoms with E-state index in [1.807, 2.05) is 0 Å². The summed E-state index contributed by atoms with van der Waals surface area (Å²) in [5.41, 5.74) is 2.82. The molecule has 3 aromatic carbocycles. The quantitative estimate of drug-likeness (QED) is 0.451. The van der Waals surface area contributed by atoms with E-state index in [1.54, 1.807) is 0 Å². The van der Waals surface area contributed by atoms with Gasteiger partial charge in [-0.3, -0.25) is 0 Å². The number of thiol groups is 1. The number of rotatable bonds is 1. The zero-order valence-corrected chi connectivity index (χ0v) is 11.3. The van der Waals surface area contributed by atoms with Gasteiger partial charge >= 0.3 is 0 Å². The van der Waals surface area contributed by atoms with Crippen molar-refractivity contribution in [2.75, 3.05) is 0 Å². The van der Waals surface area contributed by atoms with Gasteiger partial charge in [-0.1, -0.05) is 54.6 Å². The highest BCUT2D eigenvalue weighted by atomic mass is 32.2. The van der Waals surface area contributed by atoms with Gasteiger partial charge in [0, 0.05) is 9.79 Å². The van der Waals surface area contributed by atoms with E-state index in [0.29, 0.717) is 0 Å². The van der Waals surface area contributed by atoms with Crippen molar-refractivity contribution in [2.45, 2.75) is 14.7 Å². The molecule has 0 unspecified atom stereocenters. The molecule has 0 nitrogen and oxygen atoms in total. The predicted molar refractivity (Wildman–Crippen MR) is 82.1 cm³/mol. The molecule has 0 saturated carbocycles. The van der Waals surface area contributed by atoms with Crippen LogP contribution < -0.4 is 0 Å². The topological polar surface area (TPSA) is 0 Å². The molecule has 1 heteroatoms. The number of hydrogen-bond acceptors (Lipinski definition) is 0. The SMILES string of the molecule is c1ccc([SH]2c3ccccc3-c3ccccc32)cc1. The second-order valence-electron chi connectivity index (χ2n) is 4.71. The molecule has 0 radical (unpaired) electrons. The van der Waals surface area contributed by atoms with Gasteiger partial charge in [-0.05, 0) is 40.3 Å². The standard InChI is InChI=1S/C18H14S/c1-2-8-14(9-3-1)19-17-12-6-4-10-15(17)16-11-5-7-13-18(16)19/h1-13,19H. The summed E-state index contributed by atoms with van der Waals surface area (Å²) >= 11 is 0. The van der Waals surface area contributed by atoms with E-state index in [-0.39, 0.29) is 10.9 Å². The Kier molecular flexibility index (Phi) is 2.46. The Balaban J connectivity index is 2.02. The number of fused-ring (bicyclic) bond motifs is 3. The van der Waals surface area contributed by atoms with Gasteiger partial charge in [0.15, 0.2) is 0 Å². The lowest BCUT2D eigenvalue weighted by Gasteiger charge is -2.18. The van der Waals surface area contributed by atoms with Gasteiger partial charge in [0.2, 0.25) is 0 Å². The Bertz CT molecular complexity index is 686. The van der Waals surface area contributed by atoms with Crippen molar-refractivity contribution in [1.29, 1.82) is 0 Å². The van der Waals surface area contributed by atoms with Crippen LogP contribution in [0.25, 0.3) is 11.1 Å². The number of benzene rings is 3. The fourth-order valence-corrected chi connectivity index (χ4v) is 5.41. The molecular weight excluding hydrogens is 248 g/mol. The third-order valence-electron chi connectivity index (χ3n) is 3.59. The highest BCUT2D eigenvalue weighted by Gasteiger charge is 2.25. The van der Waals surface area contributed by atoms with E-state index < -0.39 is 0 Å². The molecule has 0 aliphatic carbocycles. The van der Waals surface area contributed by atoms with E-state index in [4.69, 9.17) is 0 Å². The third-order valence-corrected chi connectivity index (χ3v) is 6.15. The first-order chi connectivity index (χ1) is 9.45. The van der Waals surface area contributed by atoms with E-state index in [1.165, 1.54) is 25.8 Å². The summed E-state index contributed by atoms with van der Waals surface area (Å²) in [6.07, 6.45) is 0. The Labute approximate surface area is 116 Å². The monoisotopic (exact) mass is 262 g/mol. The summed E-state index contributed by atoms with van der Waals surface area (Å²) in [6, 6.07) is 28.5. The Hall–Kier alpha value is -1.99. The lowest BCUT2D eigenvalue weighted by atomic mass is 10.1. The lowest BCUT2D eigenvalue weighted by molar-refractivity contribution is 1.39. The predicted octanol–water partition coefficient (Wildman–Crippen LogP) is 5.15. The van der Waals surface area contributed by atoms with Crippen molar-refractivity contribution in [3.05, 3.63) is 78.9 Å². The molecule has 0 N–H and O–H groups in total. The Morgan fingerprint density at radius 1 is 0.474 bits per heavy atom. The molecule has 1 aliphatic heterocycles. The van der Waals surface area contributed by atoms with Gasteiger partial charge in [0.25, 0.3) is 0 Å². The first-order valence-corrected chi connectivity index (χ1v) is 7.83. The van der Waals surface area contributed by atoms with Crippen LogP contribution in [0, 0.1) is 0 Å². The van der Waals surface area contributed by atoms with Gasteiger partial charge in [0.05, 0.1) is 0 Å². The average molecular weight is 262 g/mol. The minimum Gasteiger partial charge on any atom is -0.172 e. The van der Waals surface area contributed by atoms with Gasteiger partial charge in [-0.2, -0.15) is 10.9 Å². The first-order valence-electron chi connectivity index (χ1n) is 6.49. The summed E-state index contributed by atoms with van der Waals surface area (Å²) < 4.78 is 0. The molecule has 0 amide bonds. The molecule has 19 heavy (non-hydrogen) atoms. The van der Waals surface area contributed by atoms with Crippen molar-refractivity contribution < 1.29 is 0 Å². The normalized spacial score (nSPS) is 14.0. The Morgan fingerprint density at radius 3 is 1.53 bits per heavy atom. The van der Waals surface area contributed by atoms with Crippen molar-refractivity contribution in [3.8, 4) is 11.1 Å². The summed E-state index contributed by atoms with van der Waals surface area (Å²) in [6.45, 7) is 0. The third kappa shape index (κ3) is 1.62. The molecule has 0 fully saturated rings. The number of hydrogen-bond donors (Lipinski definition) is 1. The Morgan fingerprint density at radius 2 is 0.947 bits per heavy atom. The molecule has 92 valence electrons. The van der Waals surface area contributed by atoms with Crippen LogP contribution in [0.5, 0.6) is 0 Å². The average Bonchev–Trinajstić information content (AvgIpc) is 2.83. The zero-order valence-electron chi connectivity index (χ0n) is 10.5. The van der Waals surface area contributed by atoms with Gasteiger partial charge in [0.1, 0.15) is 0 Å². The molecule has 1 aliphatic rings. The van der Waals surface area contributed by atoms with E-state index in [2.05, 4.69) is 78.9 Å². The van der Waals surface area contributed by atoms with Crippen molar-refractivity contribution in [1.82, 2.24) is 0 Å². The summed E-state index contributed by atoms with van der Waals surface area (Å²) in [4.78, 5) is 4.42.